The van der Waals surface area contributed by atoms with Gasteiger partial charge in [0.1, 0.15) is 11.5 Å². The van der Waals surface area contributed by atoms with Crippen LogP contribution in [0.2, 0.25) is 0 Å². The Bertz CT molecular complexity index is 874. The molecular weight excluding hydrogens is 384 g/mol. The summed E-state index contributed by atoms with van der Waals surface area (Å²) < 4.78 is 15.7. The van der Waals surface area contributed by atoms with Gasteiger partial charge in [0.15, 0.2) is 13.2 Å². The van der Waals surface area contributed by atoms with Crippen molar-refractivity contribution in [1.29, 1.82) is 0 Å². The first-order valence-electron chi connectivity index (χ1n) is 9.98. The monoisotopic (exact) mass is 412 g/mol. The van der Waals surface area contributed by atoms with Crippen molar-refractivity contribution in [2.24, 2.45) is 0 Å². The Hall–Kier alpha value is -3.22. The molecule has 0 bridgehead atoms. The molecule has 0 atom stereocenters. The van der Waals surface area contributed by atoms with Crippen LogP contribution in [-0.2, 0) is 14.3 Å². The van der Waals surface area contributed by atoms with E-state index in [-0.39, 0.29) is 19.1 Å². The summed E-state index contributed by atoms with van der Waals surface area (Å²) in [5.74, 6) is 0.675. The summed E-state index contributed by atoms with van der Waals surface area (Å²) in [6.45, 7) is 6.12. The van der Waals surface area contributed by atoms with Crippen LogP contribution >= 0.6 is 0 Å². The molecule has 1 aliphatic heterocycles. The van der Waals surface area contributed by atoms with Gasteiger partial charge in [-0.25, -0.2) is 4.79 Å². The van der Waals surface area contributed by atoms with E-state index in [4.69, 9.17) is 14.2 Å². The van der Waals surface area contributed by atoms with Crippen LogP contribution < -0.4 is 14.4 Å². The number of rotatable bonds is 7. The molecule has 30 heavy (non-hydrogen) atoms. The van der Waals surface area contributed by atoms with Gasteiger partial charge in [-0.1, -0.05) is 6.07 Å². The highest BCUT2D eigenvalue weighted by Crippen LogP contribution is 2.20. The molecule has 1 amide bonds. The minimum absolute atomic E-state index is 0.191. The SMILES string of the molecule is COc1ccc(N2CCN(C(=O)COC(=O)COc3ccc(C)c(C)c3)CC2)cc1. The van der Waals surface area contributed by atoms with Crippen LogP contribution in [0.4, 0.5) is 5.69 Å². The number of piperazine rings is 1. The molecule has 0 radical (unpaired) electrons. The lowest BCUT2D eigenvalue weighted by Crippen LogP contribution is -2.50. The van der Waals surface area contributed by atoms with Gasteiger partial charge in [0.2, 0.25) is 0 Å². The van der Waals surface area contributed by atoms with Gasteiger partial charge >= 0.3 is 5.97 Å². The van der Waals surface area contributed by atoms with Crippen LogP contribution in [0.15, 0.2) is 42.5 Å². The lowest BCUT2D eigenvalue weighted by molar-refractivity contribution is -0.153. The fourth-order valence-corrected chi connectivity index (χ4v) is 3.23. The van der Waals surface area contributed by atoms with Crippen LogP contribution in [0.25, 0.3) is 0 Å². The van der Waals surface area contributed by atoms with Crippen LogP contribution in [0.3, 0.4) is 0 Å². The summed E-state index contributed by atoms with van der Waals surface area (Å²) in [6, 6.07) is 13.5. The number of hydrogen-bond donors (Lipinski definition) is 0. The van der Waals surface area contributed by atoms with Crippen molar-refractivity contribution in [1.82, 2.24) is 4.90 Å². The molecule has 160 valence electrons. The van der Waals surface area contributed by atoms with Crippen molar-refractivity contribution in [3.05, 3.63) is 53.6 Å². The normalized spacial score (nSPS) is 13.7. The van der Waals surface area contributed by atoms with Crippen LogP contribution in [0.5, 0.6) is 11.5 Å². The summed E-state index contributed by atoms with van der Waals surface area (Å²) in [6.07, 6.45) is 0. The van der Waals surface area contributed by atoms with Gasteiger partial charge in [-0.2, -0.15) is 0 Å². The Balaban J connectivity index is 1.38. The van der Waals surface area contributed by atoms with Gasteiger partial charge in [-0.3, -0.25) is 4.79 Å². The molecule has 1 fully saturated rings. The first-order chi connectivity index (χ1) is 14.5. The molecule has 0 aromatic heterocycles. The van der Waals surface area contributed by atoms with Crippen molar-refractivity contribution in [2.75, 3.05) is 51.4 Å². The second-order valence-corrected chi connectivity index (χ2v) is 7.26. The second kappa shape index (κ2) is 10.0. The van der Waals surface area contributed by atoms with Crippen molar-refractivity contribution in [3.63, 3.8) is 0 Å². The quantitative estimate of drug-likeness (QED) is 0.651. The van der Waals surface area contributed by atoms with Crippen LogP contribution in [-0.4, -0.2) is 63.3 Å². The van der Waals surface area contributed by atoms with E-state index in [1.807, 2.05) is 56.3 Å². The predicted molar refractivity (Wildman–Crippen MR) is 114 cm³/mol. The number of hydrogen-bond acceptors (Lipinski definition) is 6. The number of aryl methyl sites for hydroxylation is 2. The van der Waals surface area contributed by atoms with E-state index in [0.717, 1.165) is 35.7 Å². The molecule has 0 aliphatic carbocycles. The predicted octanol–water partition coefficient (Wildman–Crippen LogP) is 2.58. The van der Waals surface area contributed by atoms with Gasteiger partial charge in [0.25, 0.3) is 5.91 Å². The summed E-state index contributed by atoms with van der Waals surface area (Å²) >= 11 is 0. The van der Waals surface area contributed by atoms with E-state index >= 15 is 0 Å². The Kier molecular flexibility index (Phi) is 7.17. The number of carbonyl (C=O) groups excluding carboxylic acids is 2. The third-order valence-corrected chi connectivity index (χ3v) is 5.26. The van der Waals surface area contributed by atoms with E-state index in [9.17, 15) is 9.59 Å². The molecular formula is C23H28N2O5. The number of anilines is 1. The molecule has 1 heterocycles. The van der Waals surface area contributed by atoms with Gasteiger partial charge < -0.3 is 24.0 Å². The summed E-state index contributed by atoms with van der Waals surface area (Å²) in [5.41, 5.74) is 3.34. The van der Waals surface area contributed by atoms with E-state index in [1.165, 1.54) is 0 Å². The van der Waals surface area contributed by atoms with E-state index in [2.05, 4.69) is 4.90 Å². The first-order valence-corrected chi connectivity index (χ1v) is 9.98. The molecule has 0 N–H and O–H groups in total. The fraction of sp³-hybridized carbons (Fsp3) is 0.391. The molecule has 7 nitrogen and oxygen atoms in total. The highest BCUT2D eigenvalue weighted by atomic mass is 16.6. The minimum atomic E-state index is -0.557. The maximum atomic E-state index is 12.4. The Morgan fingerprint density at radius 1 is 0.867 bits per heavy atom. The van der Waals surface area contributed by atoms with Crippen LogP contribution in [0.1, 0.15) is 11.1 Å². The molecule has 1 aliphatic rings. The summed E-state index contributed by atoms with van der Waals surface area (Å²) in [7, 11) is 1.64. The molecule has 0 spiro atoms. The number of methoxy groups -OCH3 is 1. The fourth-order valence-electron chi connectivity index (χ4n) is 3.23. The minimum Gasteiger partial charge on any atom is -0.497 e. The second-order valence-electron chi connectivity index (χ2n) is 7.26. The summed E-state index contributed by atoms with van der Waals surface area (Å²) in [5, 5.41) is 0. The Morgan fingerprint density at radius 2 is 1.53 bits per heavy atom. The number of amides is 1. The lowest BCUT2D eigenvalue weighted by atomic mass is 10.1. The van der Waals surface area contributed by atoms with Crippen molar-refractivity contribution >= 4 is 17.6 Å². The Labute approximate surface area is 177 Å². The molecule has 3 rings (SSSR count). The summed E-state index contributed by atoms with van der Waals surface area (Å²) in [4.78, 5) is 28.2. The number of benzene rings is 2. The average Bonchev–Trinajstić information content (AvgIpc) is 2.78. The third-order valence-electron chi connectivity index (χ3n) is 5.26. The molecule has 0 saturated carbocycles. The van der Waals surface area contributed by atoms with Crippen LogP contribution in [0, 0.1) is 13.8 Å². The molecule has 0 unspecified atom stereocenters. The van der Waals surface area contributed by atoms with Gasteiger partial charge in [0.05, 0.1) is 7.11 Å². The van der Waals surface area contributed by atoms with Crippen molar-refractivity contribution in [2.45, 2.75) is 13.8 Å². The smallest absolute Gasteiger partial charge is 0.344 e. The standard InChI is InChI=1S/C23H28N2O5/c1-17-4-7-21(14-18(17)2)29-16-23(27)30-15-22(26)25-12-10-24(11-13-25)19-5-8-20(28-3)9-6-19/h4-9,14H,10-13,15-16H2,1-3H3. The zero-order chi connectivity index (χ0) is 21.5. The Morgan fingerprint density at radius 3 is 2.17 bits per heavy atom. The maximum absolute atomic E-state index is 12.4. The van der Waals surface area contributed by atoms with E-state index in [0.29, 0.717) is 18.8 Å². The largest absolute Gasteiger partial charge is 0.497 e. The van der Waals surface area contributed by atoms with Gasteiger partial charge in [-0.15, -0.1) is 0 Å². The zero-order valence-electron chi connectivity index (χ0n) is 17.7. The topological polar surface area (TPSA) is 68.3 Å². The average molecular weight is 412 g/mol. The lowest BCUT2D eigenvalue weighted by Gasteiger charge is -2.36. The van der Waals surface area contributed by atoms with Gasteiger partial charge in [-0.05, 0) is 61.4 Å². The highest BCUT2D eigenvalue weighted by Gasteiger charge is 2.22. The van der Waals surface area contributed by atoms with Crippen molar-refractivity contribution in [3.8, 4) is 11.5 Å². The number of nitrogens with zero attached hydrogens (tertiary/aromatic N) is 2. The maximum Gasteiger partial charge on any atom is 0.344 e. The third kappa shape index (κ3) is 5.65. The van der Waals surface area contributed by atoms with E-state index in [1.54, 1.807) is 12.0 Å². The number of esters is 1. The molecule has 1 saturated heterocycles. The molecule has 7 heteroatoms. The highest BCUT2D eigenvalue weighted by molar-refractivity contribution is 5.81. The first kappa shape index (κ1) is 21.5. The molecule has 2 aromatic rings. The van der Waals surface area contributed by atoms with Gasteiger partial charge in [0, 0.05) is 31.9 Å². The molecule has 2 aromatic carbocycles. The zero-order valence-corrected chi connectivity index (χ0v) is 17.7. The number of carbonyl (C=O) groups is 2. The van der Waals surface area contributed by atoms with Crippen molar-refractivity contribution < 1.29 is 23.8 Å². The number of ether oxygens (including phenoxy) is 3. The van der Waals surface area contributed by atoms with E-state index < -0.39 is 5.97 Å².